The molecule has 0 aromatic rings. The number of ether oxygens (including phenoxy) is 1. The maximum atomic E-state index is 6.31. The minimum atomic E-state index is 0.466. The average molecular weight is 250 g/mol. The van der Waals surface area contributed by atoms with E-state index in [1.807, 2.05) is 0 Å². The standard InChI is InChI=1S/C17H30O/c1-17(2,3)5-4-6-18-16-14-8-12-7-13(10-14)11-15(16)9-12/h12-16H,4-11H2,1-3H3. The second-order valence-electron chi connectivity index (χ2n) is 8.43. The molecule has 4 rings (SSSR count). The van der Waals surface area contributed by atoms with Gasteiger partial charge in [0.25, 0.3) is 0 Å². The van der Waals surface area contributed by atoms with Crippen LogP contribution in [0.4, 0.5) is 0 Å². The molecular weight excluding hydrogens is 220 g/mol. The van der Waals surface area contributed by atoms with E-state index in [2.05, 4.69) is 20.8 Å². The van der Waals surface area contributed by atoms with Crippen molar-refractivity contribution in [1.82, 2.24) is 0 Å². The zero-order valence-corrected chi connectivity index (χ0v) is 12.5. The molecule has 0 amide bonds. The second-order valence-corrected chi connectivity index (χ2v) is 8.43. The van der Waals surface area contributed by atoms with Crippen LogP contribution in [-0.4, -0.2) is 12.7 Å². The fraction of sp³-hybridized carbons (Fsp3) is 1.00. The van der Waals surface area contributed by atoms with Crippen molar-refractivity contribution in [2.75, 3.05) is 6.61 Å². The molecule has 18 heavy (non-hydrogen) atoms. The molecule has 4 fully saturated rings. The van der Waals surface area contributed by atoms with Crippen LogP contribution >= 0.6 is 0 Å². The number of hydrogen-bond acceptors (Lipinski definition) is 1. The van der Waals surface area contributed by atoms with Crippen LogP contribution in [0.3, 0.4) is 0 Å². The lowest BCUT2D eigenvalue weighted by Gasteiger charge is -2.54. The smallest absolute Gasteiger partial charge is 0.0631 e. The van der Waals surface area contributed by atoms with Gasteiger partial charge in [0.2, 0.25) is 0 Å². The molecule has 0 heterocycles. The van der Waals surface area contributed by atoms with Gasteiger partial charge >= 0.3 is 0 Å². The van der Waals surface area contributed by atoms with Crippen LogP contribution in [0.1, 0.15) is 65.7 Å². The van der Waals surface area contributed by atoms with Gasteiger partial charge in [0, 0.05) is 6.61 Å². The minimum Gasteiger partial charge on any atom is -0.378 e. The fourth-order valence-corrected chi connectivity index (χ4v) is 4.97. The van der Waals surface area contributed by atoms with Crippen LogP contribution < -0.4 is 0 Å². The van der Waals surface area contributed by atoms with Crippen molar-refractivity contribution in [3.8, 4) is 0 Å². The molecule has 4 saturated carbocycles. The first-order valence-corrected chi connectivity index (χ1v) is 8.13. The Morgan fingerprint density at radius 1 is 0.889 bits per heavy atom. The summed E-state index contributed by atoms with van der Waals surface area (Å²) in [4.78, 5) is 0. The van der Waals surface area contributed by atoms with E-state index in [9.17, 15) is 0 Å². The first-order chi connectivity index (χ1) is 8.51. The molecule has 1 heteroatoms. The van der Waals surface area contributed by atoms with Crippen molar-refractivity contribution in [3.05, 3.63) is 0 Å². The molecule has 104 valence electrons. The maximum absolute atomic E-state index is 6.31. The second kappa shape index (κ2) is 4.81. The van der Waals surface area contributed by atoms with Crippen LogP contribution in [0.5, 0.6) is 0 Å². The van der Waals surface area contributed by atoms with Crippen molar-refractivity contribution in [2.45, 2.75) is 71.8 Å². The van der Waals surface area contributed by atoms with E-state index in [1.165, 1.54) is 38.5 Å². The lowest BCUT2D eigenvalue weighted by molar-refractivity contribution is -0.127. The van der Waals surface area contributed by atoms with Crippen molar-refractivity contribution < 1.29 is 4.74 Å². The quantitative estimate of drug-likeness (QED) is 0.660. The lowest BCUT2D eigenvalue weighted by Crippen LogP contribution is -2.49. The van der Waals surface area contributed by atoms with Crippen LogP contribution in [0.25, 0.3) is 0 Å². The van der Waals surface area contributed by atoms with E-state index in [1.54, 1.807) is 6.42 Å². The highest BCUT2D eigenvalue weighted by Crippen LogP contribution is 2.54. The molecule has 4 aliphatic rings. The Balaban J connectivity index is 1.46. The third kappa shape index (κ3) is 2.76. The topological polar surface area (TPSA) is 9.23 Å². The van der Waals surface area contributed by atoms with Gasteiger partial charge < -0.3 is 4.74 Å². The van der Waals surface area contributed by atoms with Gasteiger partial charge in [-0.25, -0.2) is 0 Å². The third-order valence-corrected chi connectivity index (χ3v) is 5.52. The Labute approximate surface area is 113 Å². The van der Waals surface area contributed by atoms with Gasteiger partial charge in [0.1, 0.15) is 0 Å². The first-order valence-electron chi connectivity index (χ1n) is 8.13. The van der Waals surface area contributed by atoms with Crippen molar-refractivity contribution in [2.24, 2.45) is 29.1 Å². The normalized spacial score (nSPS) is 42.5. The molecule has 0 aromatic heterocycles. The van der Waals surface area contributed by atoms with Gasteiger partial charge in [-0.05, 0) is 74.0 Å². The average Bonchev–Trinajstić information content (AvgIpc) is 2.24. The zero-order valence-electron chi connectivity index (χ0n) is 12.5. The third-order valence-electron chi connectivity index (χ3n) is 5.52. The molecule has 0 aromatic carbocycles. The Kier molecular flexibility index (Phi) is 3.47. The van der Waals surface area contributed by atoms with Gasteiger partial charge in [0.05, 0.1) is 6.10 Å². The van der Waals surface area contributed by atoms with E-state index in [-0.39, 0.29) is 0 Å². The lowest BCUT2D eigenvalue weighted by atomic mass is 9.55. The van der Waals surface area contributed by atoms with Crippen LogP contribution in [0.15, 0.2) is 0 Å². The van der Waals surface area contributed by atoms with Gasteiger partial charge in [-0.2, -0.15) is 0 Å². The molecule has 0 unspecified atom stereocenters. The summed E-state index contributed by atoms with van der Waals surface area (Å²) in [5.74, 6) is 4.00. The van der Waals surface area contributed by atoms with Crippen molar-refractivity contribution >= 4 is 0 Å². The predicted molar refractivity (Wildman–Crippen MR) is 75.5 cm³/mol. The van der Waals surface area contributed by atoms with Gasteiger partial charge in [-0.3, -0.25) is 0 Å². The van der Waals surface area contributed by atoms with Gasteiger partial charge in [0.15, 0.2) is 0 Å². The summed E-state index contributed by atoms with van der Waals surface area (Å²) in [6.07, 6.45) is 10.6. The SMILES string of the molecule is CC(C)(C)CCCOC1C2CC3CC(C2)CC1C3. The van der Waals surface area contributed by atoms with E-state index < -0.39 is 0 Å². The highest BCUT2D eigenvalue weighted by molar-refractivity contribution is 4.98. The van der Waals surface area contributed by atoms with Crippen LogP contribution in [0, 0.1) is 29.1 Å². The highest BCUT2D eigenvalue weighted by atomic mass is 16.5. The summed E-state index contributed by atoms with van der Waals surface area (Å²) >= 11 is 0. The molecule has 4 bridgehead atoms. The Hall–Kier alpha value is -0.0400. The predicted octanol–water partition coefficient (Wildman–Crippen LogP) is 4.65. The summed E-state index contributed by atoms with van der Waals surface area (Å²) < 4.78 is 6.31. The van der Waals surface area contributed by atoms with Crippen molar-refractivity contribution in [1.29, 1.82) is 0 Å². The molecule has 0 N–H and O–H groups in total. The highest BCUT2D eigenvalue weighted by Gasteiger charge is 2.48. The monoisotopic (exact) mass is 250 g/mol. The molecule has 0 aliphatic heterocycles. The van der Waals surface area contributed by atoms with E-state index in [4.69, 9.17) is 4.74 Å². The van der Waals surface area contributed by atoms with Gasteiger partial charge in [-0.15, -0.1) is 0 Å². The summed E-state index contributed by atoms with van der Waals surface area (Å²) in [7, 11) is 0. The molecule has 4 aliphatic carbocycles. The minimum absolute atomic E-state index is 0.466. The van der Waals surface area contributed by atoms with Crippen LogP contribution in [0.2, 0.25) is 0 Å². The molecular formula is C17H30O. The Bertz CT molecular complexity index is 260. The molecule has 0 atom stereocenters. The first kappa shape index (κ1) is 13.0. The number of hydrogen-bond donors (Lipinski definition) is 0. The summed E-state index contributed by atoms with van der Waals surface area (Å²) in [6, 6.07) is 0. The van der Waals surface area contributed by atoms with Crippen molar-refractivity contribution in [3.63, 3.8) is 0 Å². The van der Waals surface area contributed by atoms with E-state index >= 15 is 0 Å². The summed E-state index contributed by atoms with van der Waals surface area (Å²) in [5.41, 5.74) is 0.466. The Morgan fingerprint density at radius 2 is 1.44 bits per heavy atom. The molecule has 0 spiro atoms. The fourth-order valence-electron chi connectivity index (χ4n) is 4.97. The summed E-state index contributed by atoms with van der Waals surface area (Å²) in [5, 5.41) is 0. The van der Waals surface area contributed by atoms with Crippen LogP contribution in [-0.2, 0) is 4.74 Å². The van der Waals surface area contributed by atoms with Gasteiger partial charge in [-0.1, -0.05) is 20.8 Å². The maximum Gasteiger partial charge on any atom is 0.0631 e. The van der Waals surface area contributed by atoms with E-state index in [0.29, 0.717) is 11.5 Å². The zero-order chi connectivity index (χ0) is 12.8. The molecule has 0 saturated heterocycles. The largest absolute Gasteiger partial charge is 0.378 e. The molecule has 0 radical (unpaired) electrons. The van der Waals surface area contributed by atoms with E-state index in [0.717, 1.165) is 30.3 Å². The summed E-state index contributed by atoms with van der Waals surface area (Å²) in [6.45, 7) is 7.99. The Morgan fingerprint density at radius 3 is 1.94 bits per heavy atom. The number of rotatable bonds is 4. The molecule has 1 nitrogen and oxygen atoms in total.